The van der Waals surface area contributed by atoms with Gasteiger partial charge in [-0.05, 0) is 12.1 Å². The summed E-state index contributed by atoms with van der Waals surface area (Å²) in [5, 5.41) is 12.6. The summed E-state index contributed by atoms with van der Waals surface area (Å²) in [5.41, 5.74) is 0.682. The smallest absolute Gasteiger partial charge is 0.270 e. The van der Waals surface area contributed by atoms with Crippen molar-refractivity contribution in [3.05, 3.63) is 53.3 Å². The van der Waals surface area contributed by atoms with E-state index in [0.717, 1.165) is 5.82 Å². The molecule has 2 heterocycles. The number of amides is 1. The van der Waals surface area contributed by atoms with Crippen molar-refractivity contribution in [1.29, 1.82) is 0 Å². The minimum atomic E-state index is -0.351. The largest absolute Gasteiger partial charge is 0.350 e. The molecule has 0 saturated heterocycles. The van der Waals surface area contributed by atoms with Gasteiger partial charge in [0.25, 0.3) is 5.91 Å². The van der Waals surface area contributed by atoms with Crippen molar-refractivity contribution in [3.63, 3.8) is 0 Å². The molecule has 0 bridgehead atoms. The summed E-state index contributed by atoms with van der Waals surface area (Å²) < 4.78 is 15.5. The number of carbonyl (C=O) groups excluding carboxylic acids is 1. The van der Waals surface area contributed by atoms with Gasteiger partial charge in [-0.3, -0.25) is 4.79 Å². The summed E-state index contributed by atoms with van der Waals surface area (Å²) >= 11 is 1.24. The van der Waals surface area contributed by atoms with Crippen molar-refractivity contribution in [2.45, 2.75) is 6.42 Å². The van der Waals surface area contributed by atoms with Crippen molar-refractivity contribution in [1.82, 2.24) is 25.1 Å². The monoisotopic (exact) mass is 331 g/mol. The lowest BCUT2D eigenvalue weighted by atomic mass is 10.2. The van der Waals surface area contributed by atoms with E-state index < -0.39 is 0 Å². The molecule has 0 aliphatic carbocycles. The van der Waals surface area contributed by atoms with E-state index in [9.17, 15) is 9.18 Å². The van der Waals surface area contributed by atoms with Crippen LogP contribution in [0.25, 0.3) is 10.6 Å². The van der Waals surface area contributed by atoms with E-state index in [4.69, 9.17) is 0 Å². The Hall–Kier alpha value is -2.61. The van der Waals surface area contributed by atoms with Gasteiger partial charge in [-0.2, -0.15) is 0 Å². The summed E-state index contributed by atoms with van der Waals surface area (Å²) in [7, 11) is 1.85. The number of halogens is 1. The van der Waals surface area contributed by atoms with Gasteiger partial charge < -0.3 is 9.88 Å². The number of hydrogen-bond acceptors (Lipinski definition) is 5. The fourth-order valence-corrected chi connectivity index (χ4v) is 2.87. The molecule has 1 amide bonds. The number of rotatable bonds is 5. The molecule has 1 N–H and O–H groups in total. The van der Waals surface area contributed by atoms with Crippen LogP contribution in [-0.2, 0) is 13.5 Å². The Morgan fingerprint density at radius 3 is 2.96 bits per heavy atom. The average Bonchev–Trinajstić information content (AvgIpc) is 3.17. The zero-order chi connectivity index (χ0) is 16.2. The van der Waals surface area contributed by atoms with Gasteiger partial charge in [0, 0.05) is 31.0 Å². The first-order valence-corrected chi connectivity index (χ1v) is 7.84. The lowest BCUT2D eigenvalue weighted by Gasteiger charge is -2.02. The minimum absolute atomic E-state index is 0.284. The summed E-state index contributed by atoms with van der Waals surface area (Å²) in [6.45, 7) is 0.428. The van der Waals surface area contributed by atoms with Gasteiger partial charge in [0.15, 0.2) is 0 Å². The van der Waals surface area contributed by atoms with Gasteiger partial charge >= 0.3 is 0 Å². The Balaban J connectivity index is 1.63. The summed E-state index contributed by atoms with van der Waals surface area (Å²) in [5.74, 6) is 0.151. The number of aryl methyl sites for hydroxylation is 1. The maximum Gasteiger partial charge on any atom is 0.270 e. The Kier molecular flexibility index (Phi) is 4.42. The van der Waals surface area contributed by atoms with E-state index in [1.807, 2.05) is 7.05 Å². The Morgan fingerprint density at radius 2 is 2.22 bits per heavy atom. The van der Waals surface area contributed by atoms with E-state index in [2.05, 4.69) is 20.5 Å². The van der Waals surface area contributed by atoms with E-state index >= 15 is 0 Å². The maximum absolute atomic E-state index is 13.7. The number of nitrogens with one attached hydrogen (secondary N) is 1. The molecule has 0 spiro atoms. The molecule has 0 aliphatic rings. The first kappa shape index (κ1) is 15.3. The molecule has 0 aliphatic heterocycles. The normalized spacial score (nSPS) is 10.7. The fourth-order valence-electron chi connectivity index (χ4n) is 2.05. The van der Waals surface area contributed by atoms with Crippen molar-refractivity contribution in [2.75, 3.05) is 6.54 Å². The second kappa shape index (κ2) is 6.66. The Bertz CT molecular complexity index is 829. The van der Waals surface area contributed by atoms with Crippen LogP contribution < -0.4 is 5.32 Å². The third-order valence-corrected chi connectivity index (χ3v) is 4.16. The SMILES string of the molecule is Cn1cnnc1CCNC(=O)c1csc(-c2ccccc2F)n1. The van der Waals surface area contributed by atoms with Crippen LogP contribution in [0.5, 0.6) is 0 Å². The molecule has 1 aromatic carbocycles. The van der Waals surface area contributed by atoms with Crippen molar-refractivity contribution in [3.8, 4) is 10.6 Å². The van der Waals surface area contributed by atoms with Gasteiger partial charge in [-0.15, -0.1) is 21.5 Å². The molecule has 6 nitrogen and oxygen atoms in total. The molecule has 0 atom stereocenters. The molecule has 3 aromatic rings. The van der Waals surface area contributed by atoms with Gasteiger partial charge in [0.1, 0.15) is 28.7 Å². The molecule has 0 unspecified atom stereocenters. The van der Waals surface area contributed by atoms with Gasteiger partial charge in [-0.25, -0.2) is 9.37 Å². The molecular formula is C15H14FN5OS. The quantitative estimate of drug-likeness (QED) is 0.777. The van der Waals surface area contributed by atoms with Crippen LogP contribution in [0, 0.1) is 5.82 Å². The molecule has 8 heteroatoms. The zero-order valence-electron chi connectivity index (χ0n) is 12.4. The van der Waals surface area contributed by atoms with Crippen LogP contribution in [0.2, 0.25) is 0 Å². The van der Waals surface area contributed by atoms with Crippen LogP contribution in [0.3, 0.4) is 0 Å². The fraction of sp³-hybridized carbons (Fsp3) is 0.200. The number of aromatic nitrogens is 4. The average molecular weight is 331 g/mol. The van der Waals surface area contributed by atoms with E-state index in [1.165, 1.54) is 17.4 Å². The summed E-state index contributed by atoms with van der Waals surface area (Å²) in [6, 6.07) is 6.37. The van der Waals surface area contributed by atoms with Gasteiger partial charge in [0.05, 0.1) is 0 Å². The highest BCUT2D eigenvalue weighted by Gasteiger charge is 2.14. The summed E-state index contributed by atoms with van der Waals surface area (Å²) in [4.78, 5) is 16.3. The highest BCUT2D eigenvalue weighted by molar-refractivity contribution is 7.13. The third-order valence-electron chi connectivity index (χ3n) is 3.28. The Labute approximate surface area is 136 Å². The molecule has 0 fully saturated rings. The second-order valence-electron chi connectivity index (χ2n) is 4.88. The van der Waals surface area contributed by atoms with Gasteiger partial charge in [-0.1, -0.05) is 12.1 Å². The molecule has 0 radical (unpaired) electrons. The van der Waals surface area contributed by atoms with Crippen molar-refractivity contribution < 1.29 is 9.18 Å². The van der Waals surface area contributed by atoms with E-state index in [-0.39, 0.29) is 17.4 Å². The lowest BCUT2D eigenvalue weighted by Crippen LogP contribution is -2.26. The molecule has 23 heavy (non-hydrogen) atoms. The number of nitrogens with zero attached hydrogens (tertiary/aromatic N) is 4. The molecule has 118 valence electrons. The second-order valence-corrected chi connectivity index (χ2v) is 5.74. The van der Waals surface area contributed by atoms with Crippen LogP contribution in [0.1, 0.15) is 16.3 Å². The maximum atomic E-state index is 13.7. The number of thiazole rings is 1. The third kappa shape index (κ3) is 3.42. The van der Waals surface area contributed by atoms with Gasteiger partial charge in [0.2, 0.25) is 0 Å². The predicted octanol–water partition coefficient (Wildman–Crippen LogP) is 2.05. The minimum Gasteiger partial charge on any atom is -0.350 e. The van der Waals surface area contributed by atoms with Crippen LogP contribution in [-0.4, -0.2) is 32.2 Å². The summed E-state index contributed by atoms with van der Waals surface area (Å²) in [6.07, 6.45) is 2.19. The Morgan fingerprint density at radius 1 is 1.39 bits per heavy atom. The van der Waals surface area contributed by atoms with E-state index in [0.29, 0.717) is 23.5 Å². The molecule has 0 saturated carbocycles. The number of hydrogen-bond donors (Lipinski definition) is 1. The van der Waals surface area contributed by atoms with Crippen LogP contribution in [0.15, 0.2) is 36.0 Å². The molecule has 2 aromatic heterocycles. The first-order valence-electron chi connectivity index (χ1n) is 6.96. The van der Waals surface area contributed by atoms with Crippen LogP contribution >= 0.6 is 11.3 Å². The topological polar surface area (TPSA) is 72.7 Å². The zero-order valence-corrected chi connectivity index (χ0v) is 13.2. The standard InChI is InChI=1S/C15H14FN5OS/c1-21-9-18-20-13(21)6-7-17-14(22)12-8-23-15(19-12)10-4-2-3-5-11(10)16/h2-5,8-9H,6-7H2,1H3,(H,17,22). The molecular weight excluding hydrogens is 317 g/mol. The first-order chi connectivity index (χ1) is 11.1. The van der Waals surface area contributed by atoms with Crippen molar-refractivity contribution in [2.24, 2.45) is 7.05 Å². The highest BCUT2D eigenvalue weighted by atomic mass is 32.1. The molecule has 3 rings (SSSR count). The predicted molar refractivity (Wildman–Crippen MR) is 84.5 cm³/mol. The van der Waals surface area contributed by atoms with Crippen LogP contribution in [0.4, 0.5) is 4.39 Å². The number of carbonyl (C=O) groups is 1. The highest BCUT2D eigenvalue weighted by Crippen LogP contribution is 2.25. The van der Waals surface area contributed by atoms with Crippen molar-refractivity contribution >= 4 is 17.2 Å². The van der Waals surface area contributed by atoms with E-state index in [1.54, 1.807) is 34.5 Å². The lowest BCUT2D eigenvalue weighted by molar-refractivity contribution is 0.0949. The number of benzene rings is 1.